The lowest BCUT2D eigenvalue weighted by Gasteiger charge is -2.23. The van der Waals surface area contributed by atoms with E-state index in [1.54, 1.807) is 18.7 Å². The van der Waals surface area contributed by atoms with Crippen molar-refractivity contribution < 1.29 is 4.79 Å². The molecule has 0 bridgehead atoms. The van der Waals surface area contributed by atoms with E-state index in [2.05, 4.69) is 16.0 Å². The van der Waals surface area contributed by atoms with Gasteiger partial charge in [-0.3, -0.25) is 9.36 Å². The van der Waals surface area contributed by atoms with Crippen LogP contribution in [0.4, 0.5) is 5.69 Å². The van der Waals surface area contributed by atoms with Gasteiger partial charge < -0.3 is 4.90 Å². The fourth-order valence-electron chi connectivity index (χ4n) is 3.12. The van der Waals surface area contributed by atoms with Gasteiger partial charge in [0, 0.05) is 30.8 Å². The molecule has 3 heterocycles. The van der Waals surface area contributed by atoms with Gasteiger partial charge in [-0.15, -0.1) is 0 Å². The molecule has 24 heavy (non-hydrogen) atoms. The number of fused-ring (bicyclic) bond motifs is 1. The summed E-state index contributed by atoms with van der Waals surface area (Å²) in [6, 6.07) is 11.9. The highest BCUT2D eigenvalue weighted by Gasteiger charge is 2.22. The molecule has 0 aliphatic carbocycles. The highest BCUT2D eigenvalue weighted by Crippen LogP contribution is 2.27. The van der Waals surface area contributed by atoms with Crippen LogP contribution in [-0.2, 0) is 6.42 Å². The predicted octanol–water partition coefficient (Wildman–Crippen LogP) is 3.25. The van der Waals surface area contributed by atoms with Crippen LogP contribution < -0.4 is 4.90 Å². The maximum atomic E-state index is 13.0. The molecule has 1 aliphatic rings. The van der Waals surface area contributed by atoms with E-state index in [1.807, 2.05) is 46.0 Å². The van der Waals surface area contributed by atoms with Crippen LogP contribution in [0, 0.1) is 0 Å². The minimum atomic E-state index is 0.00836. The predicted molar refractivity (Wildman–Crippen MR) is 92.4 cm³/mol. The number of pyridine rings is 1. The molecule has 0 saturated heterocycles. The van der Waals surface area contributed by atoms with Crippen molar-refractivity contribution in [3.63, 3.8) is 0 Å². The van der Waals surface area contributed by atoms with Crippen molar-refractivity contribution in [1.29, 1.82) is 0 Å². The number of carbonyl (C=O) groups is 1. The quantitative estimate of drug-likeness (QED) is 0.729. The van der Waals surface area contributed by atoms with E-state index in [1.165, 1.54) is 5.56 Å². The normalized spacial score (nSPS) is 14.1. The lowest BCUT2D eigenvalue weighted by Crippen LogP contribution is -2.31. The third-order valence-electron chi connectivity index (χ3n) is 4.37. The summed E-state index contributed by atoms with van der Waals surface area (Å²) >= 11 is 0. The lowest BCUT2D eigenvalue weighted by molar-refractivity contribution is 0.0986. The van der Waals surface area contributed by atoms with Crippen molar-refractivity contribution in [2.45, 2.75) is 19.3 Å². The number of hydrogen-bond donors (Lipinski definition) is 0. The Labute approximate surface area is 140 Å². The Morgan fingerprint density at radius 3 is 2.79 bits per heavy atom. The van der Waals surface area contributed by atoms with E-state index in [9.17, 15) is 4.79 Å². The standard InChI is InChI=1S/C19H18N4O/c24-19(16-8-9-18(21-13-16)22-12-10-20-14-22)23-11-4-3-6-15-5-1-2-7-17(15)23/h1-2,5,7-10,12-14H,3-4,6,11H2. The Morgan fingerprint density at radius 1 is 1.08 bits per heavy atom. The zero-order chi connectivity index (χ0) is 16.4. The zero-order valence-electron chi connectivity index (χ0n) is 13.3. The Balaban J connectivity index is 1.64. The number of nitrogens with zero attached hydrogens (tertiary/aromatic N) is 4. The largest absolute Gasteiger partial charge is 0.308 e. The van der Waals surface area contributed by atoms with Crippen molar-refractivity contribution in [3.05, 3.63) is 72.4 Å². The Morgan fingerprint density at radius 2 is 2.00 bits per heavy atom. The SMILES string of the molecule is O=C(c1ccc(-n2ccnc2)nc1)N1CCCCc2ccccc21. The van der Waals surface area contributed by atoms with Crippen molar-refractivity contribution >= 4 is 11.6 Å². The summed E-state index contributed by atoms with van der Waals surface area (Å²) < 4.78 is 1.81. The number of aromatic nitrogens is 3. The van der Waals surface area contributed by atoms with E-state index in [-0.39, 0.29) is 5.91 Å². The highest BCUT2D eigenvalue weighted by molar-refractivity contribution is 6.06. The van der Waals surface area contributed by atoms with Gasteiger partial charge in [0.25, 0.3) is 5.91 Å². The number of amides is 1. The number of imidazole rings is 1. The molecular weight excluding hydrogens is 300 g/mol. The molecule has 3 aromatic rings. The van der Waals surface area contributed by atoms with Gasteiger partial charge in [-0.25, -0.2) is 9.97 Å². The van der Waals surface area contributed by atoms with Crippen LogP contribution in [0.15, 0.2) is 61.3 Å². The monoisotopic (exact) mass is 318 g/mol. The maximum absolute atomic E-state index is 13.0. The van der Waals surface area contributed by atoms with Crippen molar-refractivity contribution in [2.75, 3.05) is 11.4 Å². The van der Waals surface area contributed by atoms with Gasteiger partial charge in [0.1, 0.15) is 12.1 Å². The van der Waals surface area contributed by atoms with Crippen LogP contribution >= 0.6 is 0 Å². The molecule has 0 unspecified atom stereocenters. The average molecular weight is 318 g/mol. The first kappa shape index (κ1) is 14.6. The molecule has 1 amide bonds. The molecule has 1 aromatic carbocycles. The van der Waals surface area contributed by atoms with Gasteiger partial charge in [0.2, 0.25) is 0 Å². The molecular formula is C19H18N4O. The smallest absolute Gasteiger partial charge is 0.259 e. The topological polar surface area (TPSA) is 51.0 Å². The Hall–Kier alpha value is -2.95. The summed E-state index contributed by atoms with van der Waals surface area (Å²) in [6.45, 7) is 0.749. The molecule has 0 spiro atoms. The first-order valence-electron chi connectivity index (χ1n) is 8.17. The van der Waals surface area contributed by atoms with Gasteiger partial charge >= 0.3 is 0 Å². The molecule has 5 heteroatoms. The van der Waals surface area contributed by atoms with E-state index >= 15 is 0 Å². The first-order valence-corrected chi connectivity index (χ1v) is 8.17. The third-order valence-corrected chi connectivity index (χ3v) is 4.37. The van der Waals surface area contributed by atoms with Crippen LogP contribution in [0.1, 0.15) is 28.8 Å². The summed E-state index contributed by atoms with van der Waals surface area (Å²) in [7, 11) is 0. The van der Waals surface area contributed by atoms with Crippen LogP contribution in [0.25, 0.3) is 5.82 Å². The van der Waals surface area contributed by atoms with Crippen LogP contribution in [0.2, 0.25) is 0 Å². The molecule has 0 saturated carbocycles. The first-order chi connectivity index (χ1) is 11.8. The summed E-state index contributed by atoms with van der Waals surface area (Å²) in [4.78, 5) is 23.3. The second-order valence-corrected chi connectivity index (χ2v) is 5.92. The number of benzene rings is 1. The van der Waals surface area contributed by atoms with Gasteiger partial charge in [-0.05, 0) is 43.0 Å². The van der Waals surface area contributed by atoms with Gasteiger partial charge in [0.15, 0.2) is 0 Å². The number of carbonyl (C=O) groups excluding carboxylic acids is 1. The molecule has 0 N–H and O–H groups in total. The second-order valence-electron chi connectivity index (χ2n) is 5.92. The average Bonchev–Trinajstić information content (AvgIpc) is 3.08. The van der Waals surface area contributed by atoms with Crippen LogP contribution in [0.5, 0.6) is 0 Å². The van der Waals surface area contributed by atoms with Crippen LogP contribution in [-0.4, -0.2) is 27.0 Å². The van der Waals surface area contributed by atoms with Crippen molar-refractivity contribution in [2.24, 2.45) is 0 Å². The van der Waals surface area contributed by atoms with Gasteiger partial charge in [-0.2, -0.15) is 0 Å². The molecule has 2 aromatic heterocycles. The van der Waals surface area contributed by atoms with E-state index in [0.717, 1.165) is 37.3 Å². The summed E-state index contributed by atoms with van der Waals surface area (Å²) in [5, 5.41) is 0. The number of aryl methyl sites for hydroxylation is 1. The molecule has 0 atom stereocenters. The maximum Gasteiger partial charge on any atom is 0.259 e. The number of anilines is 1. The van der Waals surface area contributed by atoms with E-state index < -0.39 is 0 Å². The number of rotatable bonds is 2. The molecule has 5 nitrogen and oxygen atoms in total. The molecule has 1 aliphatic heterocycles. The minimum absolute atomic E-state index is 0.00836. The van der Waals surface area contributed by atoms with Crippen LogP contribution in [0.3, 0.4) is 0 Å². The molecule has 120 valence electrons. The molecule has 4 rings (SSSR count). The fourth-order valence-corrected chi connectivity index (χ4v) is 3.12. The second kappa shape index (κ2) is 6.28. The molecule has 0 fully saturated rings. The van der Waals surface area contributed by atoms with Gasteiger partial charge in [0.05, 0.1) is 5.56 Å². The minimum Gasteiger partial charge on any atom is -0.308 e. The van der Waals surface area contributed by atoms with Crippen molar-refractivity contribution in [3.8, 4) is 5.82 Å². The zero-order valence-corrected chi connectivity index (χ0v) is 13.3. The summed E-state index contributed by atoms with van der Waals surface area (Å²) in [6.07, 6.45) is 10.0. The third kappa shape index (κ3) is 2.69. The number of para-hydroxylation sites is 1. The van der Waals surface area contributed by atoms with E-state index in [4.69, 9.17) is 0 Å². The fraction of sp³-hybridized carbons (Fsp3) is 0.211. The number of hydrogen-bond acceptors (Lipinski definition) is 3. The highest BCUT2D eigenvalue weighted by atomic mass is 16.2. The summed E-state index contributed by atoms with van der Waals surface area (Å²) in [5.74, 6) is 0.759. The molecule has 0 radical (unpaired) electrons. The Kier molecular flexibility index (Phi) is 3.83. The van der Waals surface area contributed by atoms with Gasteiger partial charge in [-0.1, -0.05) is 18.2 Å². The van der Waals surface area contributed by atoms with Crippen molar-refractivity contribution in [1.82, 2.24) is 14.5 Å². The lowest BCUT2D eigenvalue weighted by atomic mass is 10.1. The Bertz CT molecular complexity index is 840. The van der Waals surface area contributed by atoms with E-state index in [0.29, 0.717) is 5.56 Å². The summed E-state index contributed by atoms with van der Waals surface area (Å²) in [5.41, 5.74) is 2.88.